The molecule has 0 bridgehead atoms. The summed E-state index contributed by atoms with van der Waals surface area (Å²) in [5.74, 6) is -0.823. The van der Waals surface area contributed by atoms with Crippen molar-refractivity contribution in [3.63, 3.8) is 0 Å². The molecule has 5 heteroatoms. The largest absolute Gasteiger partial charge is 0.332 e. The fraction of sp³-hybridized carbons (Fsp3) is 0.250. The molecule has 1 aromatic heterocycles. The molecule has 1 unspecified atom stereocenters. The second-order valence-corrected chi connectivity index (χ2v) is 5.42. The highest BCUT2D eigenvalue weighted by molar-refractivity contribution is 6.32. The van der Waals surface area contributed by atoms with Gasteiger partial charge in [0.1, 0.15) is 11.0 Å². The van der Waals surface area contributed by atoms with Gasteiger partial charge < -0.3 is 4.90 Å². The topological polar surface area (TPSA) is 33.2 Å². The number of carbonyl (C=O) groups is 1. The van der Waals surface area contributed by atoms with Crippen LogP contribution in [0.25, 0.3) is 0 Å². The van der Waals surface area contributed by atoms with Crippen molar-refractivity contribution in [2.75, 3.05) is 6.54 Å². The molecule has 0 saturated carbocycles. The van der Waals surface area contributed by atoms with Gasteiger partial charge in [-0.25, -0.2) is 9.37 Å². The Morgan fingerprint density at radius 3 is 2.86 bits per heavy atom. The van der Waals surface area contributed by atoms with Crippen molar-refractivity contribution in [2.24, 2.45) is 0 Å². The summed E-state index contributed by atoms with van der Waals surface area (Å²) in [5.41, 5.74) is 1.21. The summed E-state index contributed by atoms with van der Waals surface area (Å²) in [5, 5.41) is 0.0418. The van der Waals surface area contributed by atoms with Crippen molar-refractivity contribution in [1.29, 1.82) is 0 Å². The number of hydrogen-bond acceptors (Lipinski definition) is 2. The number of halogens is 2. The molecule has 2 aromatic rings. The lowest BCUT2D eigenvalue weighted by molar-refractivity contribution is 0.0735. The predicted octanol–water partition coefficient (Wildman–Crippen LogP) is 3.85. The van der Waals surface area contributed by atoms with E-state index >= 15 is 0 Å². The van der Waals surface area contributed by atoms with Crippen molar-refractivity contribution >= 4 is 17.5 Å². The molecule has 0 aliphatic carbocycles. The van der Waals surface area contributed by atoms with Crippen LogP contribution >= 0.6 is 11.6 Å². The number of aromatic nitrogens is 1. The van der Waals surface area contributed by atoms with Gasteiger partial charge in [-0.15, -0.1) is 0 Å². The highest BCUT2D eigenvalue weighted by Gasteiger charge is 2.31. The molecule has 0 spiro atoms. The molecule has 1 aliphatic rings. The zero-order chi connectivity index (χ0) is 14.8. The van der Waals surface area contributed by atoms with Gasteiger partial charge in [0, 0.05) is 6.54 Å². The zero-order valence-corrected chi connectivity index (χ0v) is 12.1. The average molecular weight is 305 g/mol. The Hall–Kier alpha value is -1.94. The van der Waals surface area contributed by atoms with E-state index in [1.807, 2.05) is 30.3 Å². The molecule has 3 nitrogen and oxygen atoms in total. The summed E-state index contributed by atoms with van der Waals surface area (Å²) in [4.78, 5) is 18.1. The second-order valence-electron chi connectivity index (χ2n) is 5.06. The van der Waals surface area contributed by atoms with Crippen molar-refractivity contribution in [1.82, 2.24) is 9.88 Å². The minimum atomic E-state index is -0.557. The molecule has 1 aliphatic heterocycles. The van der Waals surface area contributed by atoms with Crippen LogP contribution in [0.2, 0.25) is 5.15 Å². The Morgan fingerprint density at radius 1 is 1.33 bits per heavy atom. The van der Waals surface area contributed by atoms with Gasteiger partial charge in [0.25, 0.3) is 5.91 Å². The van der Waals surface area contributed by atoms with Crippen molar-refractivity contribution in [2.45, 2.75) is 18.9 Å². The molecular formula is C16H14ClFN2O. The lowest BCUT2D eigenvalue weighted by Gasteiger charge is -2.25. The maximum absolute atomic E-state index is 13.3. The Labute approximate surface area is 127 Å². The van der Waals surface area contributed by atoms with E-state index in [4.69, 9.17) is 11.6 Å². The lowest BCUT2D eigenvalue weighted by atomic mass is 10.0. The van der Waals surface area contributed by atoms with E-state index in [0.29, 0.717) is 6.54 Å². The molecule has 1 saturated heterocycles. The third-order valence-electron chi connectivity index (χ3n) is 3.73. The van der Waals surface area contributed by atoms with Gasteiger partial charge in [-0.1, -0.05) is 41.9 Å². The van der Waals surface area contributed by atoms with Crippen molar-refractivity contribution in [3.05, 3.63) is 64.7 Å². The van der Waals surface area contributed by atoms with Crippen LogP contribution in [0.3, 0.4) is 0 Å². The van der Waals surface area contributed by atoms with Gasteiger partial charge >= 0.3 is 0 Å². The standard InChI is InChI=1S/C16H14ClFN2O/c17-15-13(9-12(18)10-19-15)16(21)20-8-4-7-14(20)11-5-2-1-3-6-11/h1-3,5-6,9-10,14H,4,7-8H2. The van der Waals surface area contributed by atoms with Gasteiger partial charge in [-0.05, 0) is 24.5 Å². The molecule has 108 valence electrons. The van der Waals surface area contributed by atoms with Crippen LogP contribution in [0.1, 0.15) is 34.8 Å². The SMILES string of the molecule is O=C(c1cc(F)cnc1Cl)N1CCCC1c1ccccc1. The Balaban J connectivity index is 1.92. The summed E-state index contributed by atoms with van der Waals surface area (Å²) in [7, 11) is 0. The summed E-state index contributed by atoms with van der Waals surface area (Å²) < 4.78 is 13.3. The minimum absolute atomic E-state index is 0.0121. The van der Waals surface area contributed by atoms with Crippen LogP contribution in [-0.4, -0.2) is 22.3 Å². The van der Waals surface area contributed by atoms with Crippen LogP contribution in [-0.2, 0) is 0 Å². The smallest absolute Gasteiger partial charge is 0.257 e. The number of rotatable bonds is 2. The maximum Gasteiger partial charge on any atom is 0.257 e. The van der Waals surface area contributed by atoms with Crippen molar-refractivity contribution < 1.29 is 9.18 Å². The molecular weight excluding hydrogens is 291 g/mol. The Bertz CT molecular complexity index is 663. The van der Waals surface area contributed by atoms with E-state index in [9.17, 15) is 9.18 Å². The summed E-state index contributed by atoms with van der Waals surface area (Å²) >= 11 is 5.94. The maximum atomic E-state index is 13.3. The molecule has 2 heterocycles. The number of benzene rings is 1. The summed E-state index contributed by atoms with van der Waals surface area (Å²) in [6.07, 6.45) is 2.83. The monoisotopic (exact) mass is 304 g/mol. The third-order valence-corrected chi connectivity index (χ3v) is 4.04. The highest BCUT2D eigenvalue weighted by Crippen LogP contribution is 2.33. The first-order valence-electron chi connectivity index (χ1n) is 6.84. The molecule has 1 fully saturated rings. The van der Waals surface area contributed by atoms with Gasteiger partial charge in [0.2, 0.25) is 0 Å². The van der Waals surface area contributed by atoms with Gasteiger partial charge in [0.05, 0.1) is 17.8 Å². The van der Waals surface area contributed by atoms with Gasteiger partial charge in [-0.3, -0.25) is 4.79 Å². The number of likely N-dealkylation sites (tertiary alicyclic amines) is 1. The van der Waals surface area contributed by atoms with Gasteiger partial charge in [-0.2, -0.15) is 0 Å². The molecule has 21 heavy (non-hydrogen) atoms. The van der Waals surface area contributed by atoms with Crippen LogP contribution in [0.4, 0.5) is 4.39 Å². The summed E-state index contributed by atoms with van der Waals surface area (Å²) in [6, 6.07) is 11.0. The first-order chi connectivity index (χ1) is 10.2. The Morgan fingerprint density at radius 2 is 2.10 bits per heavy atom. The highest BCUT2D eigenvalue weighted by atomic mass is 35.5. The quantitative estimate of drug-likeness (QED) is 0.790. The van der Waals surface area contributed by atoms with E-state index in [1.165, 1.54) is 0 Å². The van der Waals surface area contributed by atoms with Crippen LogP contribution in [0, 0.1) is 5.82 Å². The zero-order valence-electron chi connectivity index (χ0n) is 11.3. The molecule has 0 radical (unpaired) electrons. The first-order valence-corrected chi connectivity index (χ1v) is 7.21. The van der Waals surface area contributed by atoms with Crippen LogP contribution < -0.4 is 0 Å². The molecule has 0 N–H and O–H groups in total. The lowest BCUT2D eigenvalue weighted by Crippen LogP contribution is -2.31. The average Bonchev–Trinajstić information content (AvgIpc) is 2.99. The second kappa shape index (κ2) is 5.82. The van der Waals surface area contributed by atoms with Crippen LogP contribution in [0.5, 0.6) is 0 Å². The number of pyridine rings is 1. The van der Waals surface area contributed by atoms with Gasteiger partial charge in [0.15, 0.2) is 0 Å². The Kier molecular flexibility index (Phi) is 3.88. The van der Waals surface area contributed by atoms with E-state index in [-0.39, 0.29) is 22.7 Å². The fourth-order valence-electron chi connectivity index (χ4n) is 2.76. The van der Waals surface area contributed by atoms with E-state index in [2.05, 4.69) is 4.98 Å². The molecule has 3 rings (SSSR count). The number of nitrogens with zero attached hydrogens (tertiary/aromatic N) is 2. The summed E-state index contributed by atoms with van der Waals surface area (Å²) in [6.45, 7) is 0.644. The van der Waals surface area contributed by atoms with Crippen LogP contribution in [0.15, 0.2) is 42.6 Å². The van der Waals surface area contributed by atoms with Crippen molar-refractivity contribution in [3.8, 4) is 0 Å². The number of amides is 1. The number of carbonyl (C=O) groups excluding carboxylic acids is 1. The first kappa shape index (κ1) is 14.0. The van der Waals surface area contributed by atoms with E-state index in [1.54, 1.807) is 4.90 Å². The van der Waals surface area contributed by atoms with E-state index < -0.39 is 5.82 Å². The predicted molar refractivity (Wildman–Crippen MR) is 78.7 cm³/mol. The number of hydrogen-bond donors (Lipinski definition) is 0. The minimum Gasteiger partial charge on any atom is -0.332 e. The molecule has 1 aromatic carbocycles. The van der Waals surface area contributed by atoms with E-state index in [0.717, 1.165) is 30.7 Å². The third kappa shape index (κ3) is 2.76. The normalized spacial score (nSPS) is 18.0. The molecule has 1 atom stereocenters. The fourth-order valence-corrected chi connectivity index (χ4v) is 2.94. The molecule has 1 amide bonds.